The Morgan fingerprint density at radius 2 is 2.00 bits per heavy atom. The van der Waals surface area contributed by atoms with E-state index < -0.39 is 0 Å². The molecule has 0 radical (unpaired) electrons. The fourth-order valence-corrected chi connectivity index (χ4v) is 2.78. The first-order valence-electron chi connectivity index (χ1n) is 7.41. The van der Waals surface area contributed by atoms with E-state index >= 15 is 0 Å². The van der Waals surface area contributed by atoms with Crippen molar-refractivity contribution in [2.24, 2.45) is 0 Å². The van der Waals surface area contributed by atoms with Gasteiger partial charge in [-0.15, -0.1) is 0 Å². The second kappa shape index (κ2) is 6.94. The van der Waals surface area contributed by atoms with Crippen LogP contribution in [-0.2, 0) is 6.54 Å². The average Bonchev–Trinajstić information content (AvgIpc) is 2.52. The maximum atomic E-state index is 6.13. The predicted octanol–water partition coefficient (Wildman–Crippen LogP) is 2.76. The lowest BCUT2D eigenvalue weighted by Crippen LogP contribution is -2.38. The number of rotatable bonds is 4. The van der Waals surface area contributed by atoms with Gasteiger partial charge in [0.05, 0.1) is 11.6 Å². The van der Waals surface area contributed by atoms with Gasteiger partial charge >= 0.3 is 0 Å². The molecule has 0 aliphatic carbocycles. The number of para-hydroxylation sites is 1. The lowest BCUT2D eigenvalue weighted by atomic mass is 10.1. The van der Waals surface area contributed by atoms with Gasteiger partial charge in [-0.1, -0.05) is 23.7 Å². The number of halogens is 1. The number of likely N-dealkylation sites (tertiary alicyclic amines) is 1. The molecule has 0 unspecified atom stereocenters. The van der Waals surface area contributed by atoms with Crippen molar-refractivity contribution in [1.29, 1.82) is 0 Å². The lowest BCUT2D eigenvalue weighted by molar-refractivity contribution is 0.0954. The van der Waals surface area contributed by atoms with Crippen LogP contribution in [0.1, 0.15) is 18.7 Å². The first-order valence-corrected chi connectivity index (χ1v) is 7.79. The smallest absolute Gasteiger partial charge is 0.144 e. The maximum absolute atomic E-state index is 6.13. The number of hydrogen-bond donors (Lipinski definition) is 1. The van der Waals surface area contributed by atoms with Gasteiger partial charge in [-0.05, 0) is 31.0 Å². The molecular formula is C16H19ClN4O. The zero-order valence-corrected chi connectivity index (χ0v) is 13.0. The monoisotopic (exact) mass is 318 g/mol. The Hall–Kier alpha value is -1.85. The number of nitrogens with zero attached hydrogens (tertiary/aromatic N) is 3. The molecule has 0 amide bonds. The van der Waals surface area contributed by atoms with E-state index in [1.807, 2.05) is 24.3 Å². The van der Waals surface area contributed by atoms with Crippen molar-refractivity contribution in [2.75, 3.05) is 18.8 Å². The van der Waals surface area contributed by atoms with Crippen LogP contribution in [0.15, 0.2) is 36.5 Å². The fraction of sp³-hybridized carbons (Fsp3) is 0.375. The molecule has 1 aromatic heterocycles. The van der Waals surface area contributed by atoms with Crippen LogP contribution in [0.5, 0.6) is 5.75 Å². The van der Waals surface area contributed by atoms with Crippen molar-refractivity contribution < 1.29 is 4.74 Å². The predicted molar refractivity (Wildman–Crippen MR) is 86.8 cm³/mol. The van der Waals surface area contributed by atoms with E-state index in [0.29, 0.717) is 10.8 Å². The third kappa shape index (κ3) is 3.87. The molecule has 6 heteroatoms. The molecule has 3 rings (SSSR count). The molecule has 0 saturated carbocycles. The van der Waals surface area contributed by atoms with Crippen molar-refractivity contribution in [1.82, 2.24) is 14.9 Å². The number of ether oxygens (including phenoxy) is 1. The second-order valence-corrected chi connectivity index (χ2v) is 5.83. The Balaban J connectivity index is 1.51. The summed E-state index contributed by atoms with van der Waals surface area (Å²) in [5, 5.41) is 0.665. The quantitative estimate of drug-likeness (QED) is 0.939. The summed E-state index contributed by atoms with van der Waals surface area (Å²) in [6.07, 6.45) is 3.84. The highest BCUT2D eigenvalue weighted by atomic mass is 35.5. The van der Waals surface area contributed by atoms with Gasteiger partial charge in [0.15, 0.2) is 0 Å². The molecule has 2 N–H and O–H groups in total. The summed E-state index contributed by atoms with van der Waals surface area (Å²) in [6.45, 7) is 2.63. The number of piperidine rings is 1. The normalized spacial score (nSPS) is 16.6. The van der Waals surface area contributed by atoms with Crippen molar-refractivity contribution >= 4 is 17.4 Å². The summed E-state index contributed by atoms with van der Waals surface area (Å²) in [7, 11) is 0. The van der Waals surface area contributed by atoms with E-state index in [0.717, 1.165) is 44.0 Å². The Morgan fingerprint density at radius 3 is 2.73 bits per heavy atom. The SMILES string of the molecule is Nc1ccnc(CN2CCC(Oc3ccccc3Cl)CC2)n1. The minimum absolute atomic E-state index is 0.206. The highest BCUT2D eigenvalue weighted by Gasteiger charge is 2.21. The topological polar surface area (TPSA) is 64.3 Å². The Morgan fingerprint density at radius 1 is 1.23 bits per heavy atom. The molecule has 1 aliphatic rings. The summed E-state index contributed by atoms with van der Waals surface area (Å²) >= 11 is 6.13. The third-order valence-electron chi connectivity index (χ3n) is 3.76. The van der Waals surface area contributed by atoms with Crippen LogP contribution in [0.25, 0.3) is 0 Å². The summed E-state index contributed by atoms with van der Waals surface area (Å²) in [6, 6.07) is 9.31. The maximum Gasteiger partial charge on any atom is 0.144 e. The number of benzene rings is 1. The number of nitrogen functional groups attached to an aromatic ring is 1. The van der Waals surface area contributed by atoms with Crippen LogP contribution in [-0.4, -0.2) is 34.1 Å². The molecule has 2 aromatic rings. The highest BCUT2D eigenvalue weighted by molar-refractivity contribution is 6.32. The van der Waals surface area contributed by atoms with Crippen molar-refractivity contribution in [3.05, 3.63) is 47.4 Å². The van der Waals surface area contributed by atoms with E-state index in [1.165, 1.54) is 0 Å². The molecule has 116 valence electrons. The van der Waals surface area contributed by atoms with Gasteiger partial charge in [-0.3, -0.25) is 4.90 Å². The number of nitrogens with two attached hydrogens (primary N) is 1. The summed E-state index contributed by atoms with van der Waals surface area (Å²) < 4.78 is 5.99. The average molecular weight is 319 g/mol. The van der Waals surface area contributed by atoms with E-state index in [9.17, 15) is 0 Å². The Kier molecular flexibility index (Phi) is 4.75. The largest absolute Gasteiger partial charge is 0.489 e. The van der Waals surface area contributed by atoms with E-state index in [1.54, 1.807) is 12.3 Å². The lowest BCUT2D eigenvalue weighted by Gasteiger charge is -2.31. The van der Waals surface area contributed by atoms with Crippen LogP contribution in [0.3, 0.4) is 0 Å². The molecule has 1 saturated heterocycles. The summed E-state index contributed by atoms with van der Waals surface area (Å²) in [4.78, 5) is 10.8. The van der Waals surface area contributed by atoms with Crippen LogP contribution in [0, 0.1) is 0 Å². The molecule has 0 bridgehead atoms. The van der Waals surface area contributed by atoms with Gasteiger partial charge in [0.2, 0.25) is 0 Å². The Labute approximate surface area is 135 Å². The van der Waals surface area contributed by atoms with Gasteiger partial charge in [0.25, 0.3) is 0 Å². The molecule has 0 spiro atoms. The van der Waals surface area contributed by atoms with Crippen molar-refractivity contribution in [3.8, 4) is 5.75 Å². The number of hydrogen-bond acceptors (Lipinski definition) is 5. The Bertz CT molecular complexity index is 629. The molecule has 2 heterocycles. The molecule has 1 aromatic carbocycles. The van der Waals surface area contributed by atoms with Crippen LogP contribution >= 0.6 is 11.6 Å². The van der Waals surface area contributed by atoms with Gasteiger partial charge in [-0.25, -0.2) is 9.97 Å². The van der Waals surface area contributed by atoms with Gasteiger partial charge in [-0.2, -0.15) is 0 Å². The van der Waals surface area contributed by atoms with Gasteiger partial charge < -0.3 is 10.5 Å². The first-order chi connectivity index (χ1) is 10.7. The standard InChI is InChI=1S/C16H19ClN4O/c17-13-3-1-2-4-14(13)22-12-6-9-21(10-7-12)11-16-19-8-5-15(18)20-16/h1-5,8,12H,6-7,9-11H2,(H2,18,19,20). The molecule has 5 nitrogen and oxygen atoms in total. The number of anilines is 1. The molecular weight excluding hydrogens is 300 g/mol. The van der Waals surface area contributed by atoms with E-state index in [2.05, 4.69) is 14.9 Å². The van der Waals surface area contributed by atoms with Gasteiger partial charge in [0, 0.05) is 19.3 Å². The summed E-state index contributed by atoms with van der Waals surface area (Å²) in [5.74, 6) is 2.05. The molecule has 1 aliphatic heterocycles. The zero-order chi connectivity index (χ0) is 15.4. The van der Waals surface area contributed by atoms with Crippen molar-refractivity contribution in [3.63, 3.8) is 0 Å². The van der Waals surface area contributed by atoms with Crippen LogP contribution < -0.4 is 10.5 Å². The van der Waals surface area contributed by atoms with Crippen molar-refractivity contribution in [2.45, 2.75) is 25.5 Å². The molecule has 0 atom stereocenters. The number of aromatic nitrogens is 2. The van der Waals surface area contributed by atoms with E-state index in [-0.39, 0.29) is 6.10 Å². The third-order valence-corrected chi connectivity index (χ3v) is 4.07. The van der Waals surface area contributed by atoms with Gasteiger partial charge in [0.1, 0.15) is 23.5 Å². The molecule has 22 heavy (non-hydrogen) atoms. The van der Waals surface area contributed by atoms with E-state index in [4.69, 9.17) is 22.1 Å². The summed E-state index contributed by atoms with van der Waals surface area (Å²) in [5.41, 5.74) is 5.68. The molecule has 1 fully saturated rings. The fourth-order valence-electron chi connectivity index (χ4n) is 2.60. The van der Waals surface area contributed by atoms with Crippen LogP contribution in [0.2, 0.25) is 5.02 Å². The second-order valence-electron chi connectivity index (χ2n) is 5.42. The minimum atomic E-state index is 0.206. The van der Waals surface area contributed by atoms with Crippen LogP contribution in [0.4, 0.5) is 5.82 Å². The highest BCUT2D eigenvalue weighted by Crippen LogP contribution is 2.26. The zero-order valence-electron chi connectivity index (χ0n) is 12.3. The minimum Gasteiger partial charge on any atom is -0.489 e. The first kappa shape index (κ1) is 15.1.